The molecule has 136 valence electrons. The Kier molecular flexibility index (Phi) is 6.17. The first-order chi connectivity index (χ1) is 11.9. The molecule has 0 heterocycles. The molecular formula is C19H25NO5. The quantitative estimate of drug-likeness (QED) is 0.727. The van der Waals surface area contributed by atoms with Crippen LogP contribution in [0.1, 0.15) is 38.7 Å². The number of hydrogen-bond donors (Lipinski definition) is 1. The van der Waals surface area contributed by atoms with E-state index in [9.17, 15) is 14.4 Å². The zero-order valence-corrected chi connectivity index (χ0v) is 14.9. The van der Waals surface area contributed by atoms with Gasteiger partial charge in [-0.25, -0.2) is 4.79 Å². The van der Waals surface area contributed by atoms with Gasteiger partial charge in [-0.1, -0.05) is 50.6 Å². The van der Waals surface area contributed by atoms with Gasteiger partial charge < -0.3 is 14.8 Å². The van der Waals surface area contributed by atoms with E-state index in [0.717, 1.165) is 18.4 Å². The molecular weight excluding hydrogens is 322 g/mol. The molecule has 2 rings (SSSR count). The van der Waals surface area contributed by atoms with Crippen LogP contribution in [0.5, 0.6) is 0 Å². The summed E-state index contributed by atoms with van der Waals surface area (Å²) in [5, 5.41) is 2.59. The van der Waals surface area contributed by atoms with Crippen molar-refractivity contribution in [2.75, 3.05) is 13.7 Å². The average molecular weight is 347 g/mol. The van der Waals surface area contributed by atoms with E-state index in [2.05, 4.69) is 5.32 Å². The molecule has 0 bridgehead atoms. The number of carbonyl (C=O) groups is 3. The lowest BCUT2D eigenvalue weighted by Crippen LogP contribution is -2.47. The molecule has 1 aromatic rings. The number of benzene rings is 1. The number of nitrogens with one attached hydrogen (secondary N) is 1. The van der Waals surface area contributed by atoms with Crippen LogP contribution >= 0.6 is 0 Å². The molecule has 0 spiro atoms. The van der Waals surface area contributed by atoms with E-state index in [-0.39, 0.29) is 5.92 Å². The molecule has 1 aromatic carbocycles. The van der Waals surface area contributed by atoms with E-state index in [4.69, 9.17) is 9.47 Å². The second kappa shape index (κ2) is 8.14. The summed E-state index contributed by atoms with van der Waals surface area (Å²) in [5.74, 6) is -1.48. The summed E-state index contributed by atoms with van der Waals surface area (Å²) in [4.78, 5) is 36.3. The standard InChI is InChI=1S/C19H25NO5/c1-4-13(2)16(17(22)24-3)20-15(21)12-25-18(23)19(10-11-19)14-8-6-5-7-9-14/h5-9,13,16H,4,10-12H2,1-3H3,(H,20,21). The third-order valence-electron chi connectivity index (χ3n) is 4.79. The summed E-state index contributed by atoms with van der Waals surface area (Å²) >= 11 is 0. The van der Waals surface area contributed by atoms with E-state index in [1.165, 1.54) is 7.11 Å². The predicted octanol–water partition coefficient (Wildman–Crippen LogP) is 1.97. The molecule has 0 aromatic heterocycles. The molecule has 1 N–H and O–H groups in total. The fraction of sp³-hybridized carbons (Fsp3) is 0.526. The summed E-state index contributed by atoms with van der Waals surface area (Å²) in [6.45, 7) is 3.36. The topological polar surface area (TPSA) is 81.7 Å². The highest BCUT2D eigenvalue weighted by atomic mass is 16.5. The van der Waals surface area contributed by atoms with Crippen LogP contribution < -0.4 is 5.32 Å². The van der Waals surface area contributed by atoms with Gasteiger partial charge in [0.15, 0.2) is 6.61 Å². The lowest BCUT2D eigenvalue weighted by atomic mass is 9.96. The zero-order valence-electron chi connectivity index (χ0n) is 14.9. The van der Waals surface area contributed by atoms with Gasteiger partial charge in [-0.3, -0.25) is 9.59 Å². The maximum absolute atomic E-state index is 12.4. The van der Waals surface area contributed by atoms with Crippen LogP contribution in [-0.4, -0.2) is 37.6 Å². The van der Waals surface area contributed by atoms with Gasteiger partial charge in [0.25, 0.3) is 5.91 Å². The molecule has 6 heteroatoms. The third-order valence-corrected chi connectivity index (χ3v) is 4.79. The molecule has 0 radical (unpaired) electrons. The Morgan fingerprint density at radius 1 is 1.20 bits per heavy atom. The van der Waals surface area contributed by atoms with Gasteiger partial charge in [-0.05, 0) is 24.3 Å². The second-order valence-corrected chi connectivity index (χ2v) is 6.48. The Hall–Kier alpha value is -2.37. The van der Waals surface area contributed by atoms with E-state index in [1.54, 1.807) is 0 Å². The van der Waals surface area contributed by atoms with Crippen LogP contribution in [-0.2, 0) is 29.3 Å². The largest absolute Gasteiger partial charge is 0.467 e. The van der Waals surface area contributed by atoms with Crippen LogP contribution in [0, 0.1) is 5.92 Å². The maximum atomic E-state index is 12.4. The summed E-state index contributed by atoms with van der Waals surface area (Å²) < 4.78 is 9.93. The lowest BCUT2D eigenvalue weighted by Gasteiger charge is -2.22. The summed E-state index contributed by atoms with van der Waals surface area (Å²) in [6.07, 6.45) is 2.14. The predicted molar refractivity (Wildman–Crippen MR) is 91.7 cm³/mol. The minimum absolute atomic E-state index is 0.0776. The van der Waals surface area contributed by atoms with Gasteiger partial charge in [0, 0.05) is 0 Å². The van der Waals surface area contributed by atoms with Gasteiger partial charge in [-0.2, -0.15) is 0 Å². The average Bonchev–Trinajstić information content (AvgIpc) is 3.45. The first kappa shape index (κ1) is 19.0. The van der Waals surface area contributed by atoms with E-state index < -0.39 is 35.9 Å². The number of hydrogen-bond acceptors (Lipinski definition) is 5. The summed E-state index contributed by atoms with van der Waals surface area (Å²) in [5.41, 5.74) is 0.285. The van der Waals surface area contributed by atoms with Gasteiger partial charge in [-0.15, -0.1) is 0 Å². The molecule has 2 unspecified atom stereocenters. The Morgan fingerprint density at radius 3 is 2.36 bits per heavy atom. The van der Waals surface area contributed by atoms with E-state index in [0.29, 0.717) is 6.42 Å². The van der Waals surface area contributed by atoms with Crippen LogP contribution in [0.2, 0.25) is 0 Å². The van der Waals surface area contributed by atoms with Crippen LogP contribution in [0.15, 0.2) is 30.3 Å². The second-order valence-electron chi connectivity index (χ2n) is 6.48. The maximum Gasteiger partial charge on any atom is 0.328 e. The van der Waals surface area contributed by atoms with E-state index in [1.807, 2.05) is 44.2 Å². The minimum Gasteiger partial charge on any atom is -0.467 e. The SMILES string of the molecule is CCC(C)C(NC(=O)COC(=O)C1(c2ccccc2)CC1)C(=O)OC. The van der Waals surface area contributed by atoms with Crippen molar-refractivity contribution in [3.05, 3.63) is 35.9 Å². The summed E-state index contributed by atoms with van der Waals surface area (Å²) in [6, 6.07) is 8.69. The Labute approximate surface area is 147 Å². The summed E-state index contributed by atoms with van der Waals surface area (Å²) in [7, 11) is 1.28. The van der Waals surface area contributed by atoms with Crippen molar-refractivity contribution in [1.29, 1.82) is 0 Å². The van der Waals surface area contributed by atoms with E-state index >= 15 is 0 Å². The Balaban J connectivity index is 1.91. The monoisotopic (exact) mass is 347 g/mol. The van der Waals surface area contributed by atoms with Crippen molar-refractivity contribution < 1.29 is 23.9 Å². The molecule has 1 aliphatic carbocycles. The first-order valence-electron chi connectivity index (χ1n) is 8.54. The molecule has 1 amide bonds. The number of ether oxygens (including phenoxy) is 2. The number of esters is 2. The number of methoxy groups -OCH3 is 1. The van der Waals surface area contributed by atoms with Crippen LogP contribution in [0.4, 0.5) is 0 Å². The molecule has 1 saturated carbocycles. The minimum atomic E-state index is -0.745. The van der Waals surface area contributed by atoms with Gasteiger partial charge in [0.2, 0.25) is 0 Å². The number of amides is 1. The highest BCUT2D eigenvalue weighted by Crippen LogP contribution is 2.49. The molecule has 0 saturated heterocycles. The van der Waals surface area contributed by atoms with Crippen molar-refractivity contribution in [2.45, 2.75) is 44.6 Å². The smallest absolute Gasteiger partial charge is 0.328 e. The van der Waals surface area contributed by atoms with Gasteiger partial charge in [0.05, 0.1) is 12.5 Å². The number of rotatable bonds is 8. The zero-order chi connectivity index (χ0) is 18.4. The fourth-order valence-corrected chi connectivity index (χ4v) is 2.77. The van der Waals surface area contributed by atoms with Crippen molar-refractivity contribution in [3.8, 4) is 0 Å². The molecule has 2 atom stereocenters. The number of carbonyl (C=O) groups excluding carboxylic acids is 3. The van der Waals surface area contributed by atoms with Crippen molar-refractivity contribution >= 4 is 17.8 Å². The van der Waals surface area contributed by atoms with Crippen LogP contribution in [0.25, 0.3) is 0 Å². The third kappa shape index (κ3) is 4.38. The molecule has 1 fully saturated rings. The van der Waals surface area contributed by atoms with Crippen molar-refractivity contribution in [3.63, 3.8) is 0 Å². The normalized spacial score (nSPS) is 17.1. The Bertz CT molecular complexity index is 624. The molecule has 25 heavy (non-hydrogen) atoms. The van der Waals surface area contributed by atoms with Crippen LogP contribution in [0.3, 0.4) is 0 Å². The van der Waals surface area contributed by atoms with Gasteiger partial charge >= 0.3 is 11.9 Å². The first-order valence-corrected chi connectivity index (χ1v) is 8.54. The fourth-order valence-electron chi connectivity index (χ4n) is 2.77. The van der Waals surface area contributed by atoms with Gasteiger partial charge in [0.1, 0.15) is 6.04 Å². The lowest BCUT2D eigenvalue weighted by molar-refractivity contribution is -0.152. The highest BCUT2D eigenvalue weighted by molar-refractivity contribution is 5.90. The molecule has 1 aliphatic rings. The Morgan fingerprint density at radius 2 is 1.84 bits per heavy atom. The highest BCUT2D eigenvalue weighted by Gasteiger charge is 2.52. The van der Waals surface area contributed by atoms with Crippen molar-refractivity contribution in [2.24, 2.45) is 5.92 Å². The molecule has 6 nitrogen and oxygen atoms in total. The van der Waals surface area contributed by atoms with Crippen molar-refractivity contribution in [1.82, 2.24) is 5.32 Å². The molecule has 0 aliphatic heterocycles.